The third kappa shape index (κ3) is 4.36. The molecule has 0 spiro atoms. The van der Waals surface area contributed by atoms with Crippen LogP contribution in [0.3, 0.4) is 0 Å². The van der Waals surface area contributed by atoms with Gasteiger partial charge in [-0.1, -0.05) is 37.3 Å². The fourth-order valence-electron chi connectivity index (χ4n) is 1.43. The van der Waals surface area contributed by atoms with Crippen LogP contribution in [0.4, 0.5) is 0 Å². The number of benzene rings is 1. The molecule has 0 aliphatic carbocycles. The van der Waals surface area contributed by atoms with Crippen molar-refractivity contribution >= 4 is 11.7 Å². The number of carbonyl (C=O) groups is 2. The van der Waals surface area contributed by atoms with Gasteiger partial charge in [-0.2, -0.15) is 0 Å². The predicted octanol–water partition coefficient (Wildman–Crippen LogP) is 1.15. The maximum absolute atomic E-state index is 11.7. The topological polar surface area (TPSA) is 66.4 Å². The second-order valence-electron chi connectivity index (χ2n) is 3.82. The summed E-state index contributed by atoms with van der Waals surface area (Å²) in [5, 5.41) is 11.5. The fourth-order valence-corrected chi connectivity index (χ4v) is 1.43. The molecular formula is C13H17NO3. The molecule has 0 heterocycles. The highest BCUT2D eigenvalue weighted by Gasteiger charge is 2.14. The summed E-state index contributed by atoms with van der Waals surface area (Å²) < 4.78 is 0. The van der Waals surface area contributed by atoms with E-state index in [0.29, 0.717) is 12.0 Å². The van der Waals surface area contributed by atoms with Crippen LogP contribution in [0.25, 0.3) is 0 Å². The highest BCUT2D eigenvalue weighted by molar-refractivity contribution is 6.07. The lowest BCUT2D eigenvalue weighted by Crippen LogP contribution is -2.37. The quantitative estimate of drug-likeness (QED) is 0.574. The summed E-state index contributed by atoms with van der Waals surface area (Å²) in [7, 11) is 0. The van der Waals surface area contributed by atoms with Crippen molar-refractivity contribution < 1.29 is 14.7 Å². The summed E-state index contributed by atoms with van der Waals surface area (Å²) in [6, 6.07) is 8.42. The summed E-state index contributed by atoms with van der Waals surface area (Å²) in [6.45, 7) is 1.75. The number of hydrogen-bond donors (Lipinski definition) is 2. The lowest BCUT2D eigenvalue weighted by molar-refractivity contribution is -0.121. The molecule has 4 heteroatoms. The number of aliphatic hydroxyl groups is 1. The SMILES string of the molecule is CCC(CO)NC(=O)CC(=O)c1ccccc1. The first-order valence-electron chi connectivity index (χ1n) is 5.65. The van der Waals surface area contributed by atoms with E-state index in [2.05, 4.69) is 5.32 Å². The standard InChI is InChI=1S/C13H17NO3/c1-2-11(9-15)14-13(17)8-12(16)10-6-4-3-5-7-10/h3-7,11,15H,2,8-9H2,1H3,(H,14,17). The van der Waals surface area contributed by atoms with Gasteiger partial charge >= 0.3 is 0 Å². The Morgan fingerprint density at radius 3 is 2.47 bits per heavy atom. The van der Waals surface area contributed by atoms with Crippen molar-refractivity contribution in [3.05, 3.63) is 35.9 Å². The third-order valence-electron chi connectivity index (χ3n) is 2.50. The summed E-state index contributed by atoms with van der Waals surface area (Å²) in [5.74, 6) is -0.560. The Kier molecular flexibility index (Phi) is 5.36. The van der Waals surface area contributed by atoms with Crippen LogP contribution >= 0.6 is 0 Å². The molecule has 0 bridgehead atoms. The smallest absolute Gasteiger partial charge is 0.228 e. The molecule has 1 aromatic rings. The molecule has 1 unspecified atom stereocenters. The van der Waals surface area contributed by atoms with Gasteiger partial charge < -0.3 is 10.4 Å². The molecule has 17 heavy (non-hydrogen) atoms. The van der Waals surface area contributed by atoms with Gasteiger partial charge in [-0.15, -0.1) is 0 Å². The third-order valence-corrected chi connectivity index (χ3v) is 2.50. The van der Waals surface area contributed by atoms with E-state index in [1.165, 1.54) is 0 Å². The van der Waals surface area contributed by atoms with Crippen LogP contribution in [0.1, 0.15) is 30.1 Å². The highest BCUT2D eigenvalue weighted by atomic mass is 16.3. The van der Waals surface area contributed by atoms with E-state index in [-0.39, 0.29) is 30.8 Å². The van der Waals surface area contributed by atoms with Gasteiger partial charge in [0.1, 0.15) is 0 Å². The highest BCUT2D eigenvalue weighted by Crippen LogP contribution is 2.03. The van der Waals surface area contributed by atoms with E-state index < -0.39 is 0 Å². The molecule has 1 aromatic carbocycles. The number of nitrogens with one attached hydrogen (secondary N) is 1. The molecule has 92 valence electrons. The molecule has 2 N–H and O–H groups in total. The lowest BCUT2D eigenvalue weighted by atomic mass is 10.1. The number of rotatable bonds is 6. The van der Waals surface area contributed by atoms with Gasteiger partial charge in [-0.05, 0) is 6.42 Å². The first kappa shape index (κ1) is 13.4. The Hall–Kier alpha value is -1.68. The Morgan fingerprint density at radius 2 is 1.94 bits per heavy atom. The number of amides is 1. The van der Waals surface area contributed by atoms with E-state index in [9.17, 15) is 9.59 Å². The van der Waals surface area contributed by atoms with Gasteiger partial charge in [-0.3, -0.25) is 9.59 Å². The van der Waals surface area contributed by atoms with Crippen LogP contribution in [-0.2, 0) is 4.79 Å². The Morgan fingerprint density at radius 1 is 1.29 bits per heavy atom. The van der Waals surface area contributed by atoms with Gasteiger partial charge in [0.25, 0.3) is 0 Å². The minimum atomic E-state index is -0.347. The van der Waals surface area contributed by atoms with E-state index in [1.54, 1.807) is 24.3 Å². The van der Waals surface area contributed by atoms with Crippen LogP contribution in [0.2, 0.25) is 0 Å². The average Bonchev–Trinajstić information content (AvgIpc) is 2.37. The van der Waals surface area contributed by atoms with Crippen molar-refractivity contribution in [3.63, 3.8) is 0 Å². The second kappa shape index (κ2) is 6.81. The van der Waals surface area contributed by atoms with Crippen molar-refractivity contribution in [2.45, 2.75) is 25.8 Å². The van der Waals surface area contributed by atoms with E-state index in [4.69, 9.17) is 5.11 Å². The van der Waals surface area contributed by atoms with Gasteiger partial charge in [0, 0.05) is 5.56 Å². The molecule has 0 aliphatic rings. The zero-order chi connectivity index (χ0) is 12.7. The Balaban J connectivity index is 2.49. The van der Waals surface area contributed by atoms with Crippen LogP contribution in [0, 0.1) is 0 Å². The molecular weight excluding hydrogens is 218 g/mol. The molecule has 1 amide bonds. The van der Waals surface area contributed by atoms with Crippen molar-refractivity contribution in [1.82, 2.24) is 5.32 Å². The number of Topliss-reactive ketones (excluding diaryl/α,β-unsaturated/α-hetero) is 1. The largest absolute Gasteiger partial charge is 0.394 e. The molecule has 0 radical (unpaired) electrons. The number of hydrogen-bond acceptors (Lipinski definition) is 3. The van der Waals surface area contributed by atoms with Crippen LogP contribution in [0.15, 0.2) is 30.3 Å². The summed E-state index contributed by atoms with van der Waals surface area (Å²) in [5.41, 5.74) is 0.527. The van der Waals surface area contributed by atoms with Crippen molar-refractivity contribution in [2.24, 2.45) is 0 Å². The minimum absolute atomic E-state index is 0.109. The minimum Gasteiger partial charge on any atom is -0.394 e. The summed E-state index contributed by atoms with van der Waals surface area (Å²) >= 11 is 0. The van der Waals surface area contributed by atoms with E-state index >= 15 is 0 Å². The first-order chi connectivity index (χ1) is 8.17. The molecule has 4 nitrogen and oxygen atoms in total. The first-order valence-corrected chi connectivity index (χ1v) is 5.65. The van der Waals surface area contributed by atoms with Crippen LogP contribution < -0.4 is 5.32 Å². The molecule has 0 aromatic heterocycles. The maximum atomic E-state index is 11.7. The van der Waals surface area contributed by atoms with Gasteiger partial charge in [0.15, 0.2) is 5.78 Å². The molecule has 1 rings (SSSR count). The number of aliphatic hydroxyl groups excluding tert-OH is 1. The maximum Gasteiger partial charge on any atom is 0.228 e. The van der Waals surface area contributed by atoms with Crippen molar-refractivity contribution in [1.29, 1.82) is 0 Å². The number of carbonyl (C=O) groups excluding carboxylic acids is 2. The zero-order valence-electron chi connectivity index (χ0n) is 9.85. The van der Waals surface area contributed by atoms with Crippen molar-refractivity contribution in [2.75, 3.05) is 6.61 Å². The normalized spacial score (nSPS) is 11.9. The van der Waals surface area contributed by atoms with Gasteiger partial charge in [0.2, 0.25) is 5.91 Å². The van der Waals surface area contributed by atoms with Crippen LogP contribution in [0.5, 0.6) is 0 Å². The molecule has 0 saturated heterocycles. The fraction of sp³-hybridized carbons (Fsp3) is 0.385. The Labute approximate surface area is 101 Å². The molecule has 1 atom stereocenters. The molecule has 0 aliphatic heterocycles. The number of ketones is 1. The van der Waals surface area contributed by atoms with Crippen molar-refractivity contribution in [3.8, 4) is 0 Å². The Bertz CT molecular complexity index is 372. The molecule has 0 saturated carbocycles. The van der Waals surface area contributed by atoms with Crippen LogP contribution in [-0.4, -0.2) is 29.4 Å². The average molecular weight is 235 g/mol. The van der Waals surface area contributed by atoms with Gasteiger partial charge in [-0.25, -0.2) is 0 Å². The summed E-state index contributed by atoms with van der Waals surface area (Å²) in [6.07, 6.45) is 0.461. The van der Waals surface area contributed by atoms with E-state index in [1.807, 2.05) is 13.0 Å². The zero-order valence-corrected chi connectivity index (χ0v) is 9.85. The summed E-state index contributed by atoms with van der Waals surface area (Å²) in [4.78, 5) is 23.2. The lowest BCUT2D eigenvalue weighted by Gasteiger charge is -2.13. The second-order valence-corrected chi connectivity index (χ2v) is 3.82. The van der Waals surface area contributed by atoms with E-state index in [0.717, 1.165) is 0 Å². The van der Waals surface area contributed by atoms with Gasteiger partial charge in [0.05, 0.1) is 19.1 Å². The molecule has 0 fully saturated rings. The predicted molar refractivity (Wildman–Crippen MR) is 64.7 cm³/mol. The monoisotopic (exact) mass is 235 g/mol.